The highest BCUT2D eigenvalue weighted by molar-refractivity contribution is 7.86. The van der Waals surface area contributed by atoms with Crippen LogP contribution in [-0.4, -0.2) is 102 Å². The average molecular weight is 370 g/mol. The molecule has 0 aromatic carbocycles. The second-order valence-electron chi connectivity index (χ2n) is 6.69. The van der Waals surface area contributed by atoms with Gasteiger partial charge in [0.15, 0.2) is 0 Å². The molecule has 2 aliphatic rings. The predicted octanol–water partition coefficient (Wildman–Crippen LogP) is -1.40. The summed E-state index contributed by atoms with van der Waals surface area (Å²) in [5.41, 5.74) is 0.875. The van der Waals surface area contributed by atoms with Crippen molar-refractivity contribution >= 4 is 16.1 Å². The molecule has 3 rings (SSSR count). The molecular weight excluding hydrogens is 344 g/mol. The monoisotopic (exact) mass is 370 g/mol. The Kier molecular flexibility index (Phi) is 5.42. The molecule has 25 heavy (non-hydrogen) atoms. The Morgan fingerprint density at radius 1 is 1.00 bits per heavy atom. The molecule has 140 valence electrons. The molecule has 10 heteroatoms. The largest absolute Gasteiger partial charge is 0.340 e. The Bertz CT molecular complexity index is 703. The Hall–Kier alpha value is -1.49. The Labute approximate surface area is 149 Å². The highest BCUT2D eigenvalue weighted by atomic mass is 32.2. The molecule has 3 heterocycles. The third-order valence-electron chi connectivity index (χ3n) is 4.82. The number of amides is 1. The van der Waals surface area contributed by atoms with Gasteiger partial charge in [-0.3, -0.25) is 9.48 Å². The summed E-state index contributed by atoms with van der Waals surface area (Å²) >= 11 is 0. The van der Waals surface area contributed by atoms with Crippen LogP contribution in [0.15, 0.2) is 12.4 Å². The number of rotatable bonds is 4. The van der Waals surface area contributed by atoms with Crippen LogP contribution in [0.3, 0.4) is 0 Å². The van der Waals surface area contributed by atoms with E-state index < -0.39 is 10.2 Å². The molecule has 1 amide bonds. The van der Waals surface area contributed by atoms with Crippen LogP contribution in [-0.2, 0) is 28.5 Å². The highest BCUT2D eigenvalue weighted by Gasteiger charge is 2.34. The van der Waals surface area contributed by atoms with Gasteiger partial charge in [0.1, 0.15) is 0 Å². The van der Waals surface area contributed by atoms with E-state index in [1.807, 2.05) is 20.3 Å². The van der Waals surface area contributed by atoms with Crippen molar-refractivity contribution in [3.05, 3.63) is 18.0 Å². The summed E-state index contributed by atoms with van der Waals surface area (Å²) in [5, 5.41) is 4.07. The number of likely N-dealkylation sites (N-methyl/N-ethyl adjacent to an activating group) is 1. The summed E-state index contributed by atoms with van der Waals surface area (Å²) in [6.07, 6.45) is 3.82. The predicted molar refractivity (Wildman–Crippen MR) is 93.1 cm³/mol. The smallest absolute Gasteiger partial charge is 0.282 e. The molecule has 0 bridgehead atoms. The topological polar surface area (TPSA) is 82.0 Å². The quantitative estimate of drug-likeness (QED) is 0.651. The van der Waals surface area contributed by atoms with Crippen molar-refractivity contribution in [1.82, 2.24) is 28.2 Å². The van der Waals surface area contributed by atoms with Gasteiger partial charge in [0.05, 0.1) is 12.6 Å². The first-order valence-corrected chi connectivity index (χ1v) is 9.95. The minimum atomic E-state index is -3.42. The fraction of sp³-hybridized carbons (Fsp3) is 0.733. The van der Waals surface area contributed by atoms with E-state index in [0.717, 1.165) is 18.7 Å². The molecule has 0 aliphatic carbocycles. The summed E-state index contributed by atoms with van der Waals surface area (Å²) in [7, 11) is 0.388. The maximum absolute atomic E-state index is 12.7. The van der Waals surface area contributed by atoms with Crippen molar-refractivity contribution in [2.24, 2.45) is 7.05 Å². The zero-order chi connectivity index (χ0) is 18.0. The van der Waals surface area contributed by atoms with Crippen LogP contribution in [0.5, 0.6) is 0 Å². The van der Waals surface area contributed by atoms with Gasteiger partial charge in [0.25, 0.3) is 10.2 Å². The molecule has 2 aliphatic heterocycles. The Morgan fingerprint density at radius 2 is 1.56 bits per heavy atom. The van der Waals surface area contributed by atoms with E-state index in [-0.39, 0.29) is 5.91 Å². The summed E-state index contributed by atoms with van der Waals surface area (Å²) in [5.74, 6) is 0.0182. The third-order valence-corrected chi connectivity index (χ3v) is 6.86. The van der Waals surface area contributed by atoms with Gasteiger partial charge in [0.2, 0.25) is 5.91 Å². The number of carbonyl (C=O) groups is 1. The first kappa shape index (κ1) is 18.3. The molecule has 0 N–H and O–H groups in total. The second-order valence-corrected chi connectivity index (χ2v) is 8.62. The number of hydrogen-bond donors (Lipinski definition) is 0. The fourth-order valence-corrected chi connectivity index (χ4v) is 4.78. The molecule has 0 atom stereocenters. The van der Waals surface area contributed by atoms with Gasteiger partial charge in [-0.1, -0.05) is 0 Å². The van der Waals surface area contributed by atoms with Crippen molar-refractivity contribution in [3.63, 3.8) is 0 Å². The normalized spacial score (nSPS) is 21.6. The second kappa shape index (κ2) is 7.40. The van der Waals surface area contributed by atoms with E-state index in [1.165, 1.54) is 4.31 Å². The number of carbonyl (C=O) groups excluding carboxylic acids is 1. The lowest BCUT2D eigenvalue weighted by atomic mass is 10.2. The third kappa shape index (κ3) is 4.20. The Morgan fingerprint density at radius 3 is 2.08 bits per heavy atom. The van der Waals surface area contributed by atoms with Gasteiger partial charge < -0.3 is 9.80 Å². The molecule has 2 fully saturated rings. The van der Waals surface area contributed by atoms with E-state index in [9.17, 15) is 13.2 Å². The zero-order valence-electron chi connectivity index (χ0n) is 14.8. The molecule has 1 aromatic rings. The first-order chi connectivity index (χ1) is 11.9. The van der Waals surface area contributed by atoms with Crippen LogP contribution in [0, 0.1) is 0 Å². The van der Waals surface area contributed by atoms with Crippen LogP contribution in [0.2, 0.25) is 0 Å². The maximum Gasteiger partial charge on any atom is 0.282 e. The minimum absolute atomic E-state index is 0.0182. The number of aryl methyl sites for hydroxylation is 1. The van der Waals surface area contributed by atoms with Gasteiger partial charge in [-0.2, -0.15) is 22.1 Å². The Balaban J connectivity index is 1.53. The summed E-state index contributed by atoms with van der Waals surface area (Å²) in [6.45, 7) is 4.14. The molecule has 0 unspecified atom stereocenters. The number of hydrogen-bond acceptors (Lipinski definition) is 5. The van der Waals surface area contributed by atoms with Crippen LogP contribution < -0.4 is 0 Å². The summed E-state index contributed by atoms with van der Waals surface area (Å²) in [4.78, 5) is 16.2. The van der Waals surface area contributed by atoms with Gasteiger partial charge in [-0.05, 0) is 12.6 Å². The van der Waals surface area contributed by atoms with Crippen molar-refractivity contribution in [2.45, 2.75) is 6.42 Å². The van der Waals surface area contributed by atoms with E-state index >= 15 is 0 Å². The van der Waals surface area contributed by atoms with Crippen molar-refractivity contribution in [3.8, 4) is 0 Å². The standard InChI is InChI=1S/C15H26N6O3S/c1-17-3-7-20(8-4-17)25(23,24)21-9-5-19(6-10-21)15(22)11-14-12-16-18(2)13-14/h12-13H,3-11H2,1-2H3. The van der Waals surface area contributed by atoms with Crippen molar-refractivity contribution in [1.29, 1.82) is 0 Å². The van der Waals surface area contributed by atoms with E-state index in [0.29, 0.717) is 45.7 Å². The number of aromatic nitrogens is 2. The zero-order valence-corrected chi connectivity index (χ0v) is 15.7. The number of nitrogens with zero attached hydrogens (tertiary/aromatic N) is 6. The minimum Gasteiger partial charge on any atom is -0.340 e. The number of piperazine rings is 2. The summed E-state index contributed by atoms with van der Waals surface area (Å²) in [6, 6.07) is 0. The lowest BCUT2D eigenvalue weighted by Crippen LogP contribution is -2.57. The van der Waals surface area contributed by atoms with Crippen molar-refractivity contribution in [2.75, 3.05) is 59.4 Å². The van der Waals surface area contributed by atoms with Crippen LogP contribution in [0.1, 0.15) is 5.56 Å². The van der Waals surface area contributed by atoms with E-state index in [4.69, 9.17) is 0 Å². The van der Waals surface area contributed by atoms with Gasteiger partial charge in [-0.15, -0.1) is 0 Å². The molecule has 0 spiro atoms. The van der Waals surface area contributed by atoms with Gasteiger partial charge >= 0.3 is 0 Å². The SMILES string of the molecule is CN1CCN(S(=O)(=O)N2CCN(C(=O)Cc3cnn(C)c3)CC2)CC1. The molecule has 2 saturated heterocycles. The molecule has 0 saturated carbocycles. The van der Waals surface area contributed by atoms with E-state index in [2.05, 4.69) is 10.00 Å². The highest BCUT2D eigenvalue weighted by Crippen LogP contribution is 2.15. The molecule has 9 nitrogen and oxygen atoms in total. The van der Waals surface area contributed by atoms with Crippen LogP contribution in [0.4, 0.5) is 0 Å². The molecular formula is C15H26N6O3S. The fourth-order valence-electron chi connectivity index (χ4n) is 3.20. The summed E-state index contributed by atoms with van der Waals surface area (Å²) < 4.78 is 30.2. The molecule has 1 aromatic heterocycles. The lowest BCUT2D eigenvalue weighted by Gasteiger charge is -2.39. The van der Waals surface area contributed by atoms with Crippen molar-refractivity contribution < 1.29 is 13.2 Å². The van der Waals surface area contributed by atoms with E-state index in [1.54, 1.807) is 20.1 Å². The van der Waals surface area contributed by atoms with Crippen LogP contribution >= 0.6 is 0 Å². The van der Waals surface area contributed by atoms with Crippen LogP contribution in [0.25, 0.3) is 0 Å². The average Bonchev–Trinajstić information content (AvgIpc) is 3.00. The van der Waals surface area contributed by atoms with Gasteiger partial charge in [0, 0.05) is 65.6 Å². The van der Waals surface area contributed by atoms with Gasteiger partial charge in [-0.25, -0.2) is 0 Å². The first-order valence-electron chi connectivity index (χ1n) is 8.55. The lowest BCUT2D eigenvalue weighted by molar-refractivity contribution is -0.131. The maximum atomic E-state index is 12.7. The molecule has 0 radical (unpaired) electrons.